The van der Waals surface area contributed by atoms with Crippen molar-refractivity contribution in [1.29, 1.82) is 0 Å². The number of aliphatic hydroxyl groups is 1. The molecular weight excluding hydrogens is 252 g/mol. The highest BCUT2D eigenvalue weighted by Gasteiger charge is 2.17. The van der Waals surface area contributed by atoms with Gasteiger partial charge in [-0.05, 0) is 31.2 Å². The number of methoxy groups -OCH3 is 1. The van der Waals surface area contributed by atoms with E-state index in [0.29, 0.717) is 25.0 Å². The summed E-state index contributed by atoms with van der Waals surface area (Å²) in [5, 5.41) is 14.8. The van der Waals surface area contributed by atoms with Gasteiger partial charge in [0.1, 0.15) is 0 Å². The average Bonchev–Trinajstić information content (AvgIpc) is 2.88. The number of aliphatic hydroxyl groups excluding tert-OH is 1. The molecule has 0 bridgehead atoms. The molecule has 4 heteroatoms. The number of hydrogen-bond donors (Lipinski definition) is 1. The van der Waals surface area contributed by atoms with Crippen molar-refractivity contribution >= 4 is 0 Å². The maximum absolute atomic E-state index is 10.1. The van der Waals surface area contributed by atoms with Gasteiger partial charge < -0.3 is 9.84 Å². The Bertz CT molecular complexity index is 386. The minimum atomic E-state index is -0.324. The van der Waals surface area contributed by atoms with Gasteiger partial charge in [0.2, 0.25) is 0 Å². The number of nitrogens with zero attached hydrogens (tertiary/aromatic N) is 2. The lowest BCUT2D eigenvalue weighted by molar-refractivity contribution is 0.101. The van der Waals surface area contributed by atoms with E-state index in [1.807, 2.05) is 0 Å². The minimum absolute atomic E-state index is 0.324. The summed E-state index contributed by atoms with van der Waals surface area (Å²) in [7, 11) is 1.70. The third-order valence-electron chi connectivity index (χ3n) is 4.18. The Balaban J connectivity index is 1.82. The Morgan fingerprint density at radius 3 is 2.85 bits per heavy atom. The maximum Gasteiger partial charge on any atom is 0.0650 e. The molecule has 2 atom stereocenters. The van der Waals surface area contributed by atoms with Crippen LogP contribution in [-0.4, -0.2) is 34.7 Å². The summed E-state index contributed by atoms with van der Waals surface area (Å²) in [6.45, 7) is 2.81. The lowest BCUT2D eigenvalue weighted by Crippen LogP contribution is -2.18. The van der Waals surface area contributed by atoms with Crippen LogP contribution in [0.3, 0.4) is 0 Å². The molecule has 1 N–H and O–H groups in total. The first kappa shape index (κ1) is 15.5. The SMILES string of the molecule is COCC(C)CC(O)Cc1ccn(C2CCCCC2)n1. The summed E-state index contributed by atoms with van der Waals surface area (Å²) < 4.78 is 7.22. The van der Waals surface area contributed by atoms with Gasteiger partial charge in [-0.25, -0.2) is 0 Å². The standard InChI is InChI=1S/C16H28N2O2/c1-13(12-20-2)10-16(19)11-14-8-9-18(17-14)15-6-4-3-5-7-15/h8-9,13,15-16,19H,3-7,10-12H2,1-2H3. The molecule has 114 valence electrons. The van der Waals surface area contributed by atoms with E-state index in [2.05, 4.69) is 29.0 Å². The molecule has 0 amide bonds. The Hall–Kier alpha value is -0.870. The summed E-state index contributed by atoms with van der Waals surface area (Å²) in [5.41, 5.74) is 1.01. The Labute approximate surface area is 122 Å². The number of aromatic nitrogens is 2. The monoisotopic (exact) mass is 280 g/mol. The van der Waals surface area contributed by atoms with Gasteiger partial charge in [-0.1, -0.05) is 26.2 Å². The normalized spacial score (nSPS) is 19.9. The highest BCUT2D eigenvalue weighted by Crippen LogP contribution is 2.27. The minimum Gasteiger partial charge on any atom is -0.393 e. The molecule has 20 heavy (non-hydrogen) atoms. The molecule has 0 radical (unpaired) electrons. The molecule has 0 aromatic carbocycles. The van der Waals surface area contributed by atoms with Crippen molar-refractivity contribution in [1.82, 2.24) is 9.78 Å². The molecule has 4 nitrogen and oxygen atoms in total. The van der Waals surface area contributed by atoms with Crippen molar-refractivity contribution in [2.75, 3.05) is 13.7 Å². The van der Waals surface area contributed by atoms with Gasteiger partial charge in [0, 0.05) is 26.3 Å². The summed E-state index contributed by atoms with van der Waals surface area (Å²) in [5.74, 6) is 0.385. The van der Waals surface area contributed by atoms with Crippen molar-refractivity contribution in [2.24, 2.45) is 5.92 Å². The lowest BCUT2D eigenvalue weighted by Gasteiger charge is -2.21. The average molecular weight is 280 g/mol. The molecule has 0 aliphatic heterocycles. The van der Waals surface area contributed by atoms with Crippen LogP contribution in [0.1, 0.15) is 57.2 Å². The van der Waals surface area contributed by atoms with E-state index < -0.39 is 0 Å². The molecular formula is C16H28N2O2. The van der Waals surface area contributed by atoms with Gasteiger partial charge in [-0.3, -0.25) is 4.68 Å². The fraction of sp³-hybridized carbons (Fsp3) is 0.812. The van der Waals surface area contributed by atoms with Crippen LogP contribution >= 0.6 is 0 Å². The first-order valence-corrected chi connectivity index (χ1v) is 7.90. The van der Waals surface area contributed by atoms with Gasteiger partial charge in [0.15, 0.2) is 0 Å². The van der Waals surface area contributed by atoms with Gasteiger partial charge in [0.05, 0.1) is 17.8 Å². The Kier molecular flexibility index (Phi) is 6.05. The summed E-state index contributed by atoms with van der Waals surface area (Å²) in [4.78, 5) is 0. The van der Waals surface area contributed by atoms with Crippen LogP contribution in [0.5, 0.6) is 0 Å². The summed E-state index contributed by atoms with van der Waals surface area (Å²) in [6, 6.07) is 2.63. The summed E-state index contributed by atoms with van der Waals surface area (Å²) >= 11 is 0. The molecule has 1 aliphatic rings. The van der Waals surface area contributed by atoms with Gasteiger partial charge in [0.25, 0.3) is 0 Å². The van der Waals surface area contributed by atoms with E-state index >= 15 is 0 Å². The van der Waals surface area contributed by atoms with Gasteiger partial charge >= 0.3 is 0 Å². The summed E-state index contributed by atoms with van der Waals surface area (Å²) in [6.07, 6.45) is 9.65. The van der Waals surface area contributed by atoms with Crippen molar-refractivity contribution in [3.8, 4) is 0 Å². The van der Waals surface area contributed by atoms with E-state index in [1.54, 1.807) is 7.11 Å². The van der Waals surface area contributed by atoms with E-state index in [-0.39, 0.29) is 6.10 Å². The number of ether oxygens (including phenoxy) is 1. The maximum atomic E-state index is 10.1. The van der Waals surface area contributed by atoms with Crippen LogP contribution in [0.25, 0.3) is 0 Å². The molecule has 0 saturated heterocycles. The van der Waals surface area contributed by atoms with Crippen LogP contribution in [0.2, 0.25) is 0 Å². The van der Waals surface area contributed by atoms with Crippen LogP contribution in [0.4, 0.5) is 0 Å². The Morgan fingerprint density at radius 2 is 2.15 bits per heavy atom. The zero-order valence-corrected chi connectivity index (χ0v) is 12.8. The van der Waals surface area contributed by atoms with Gasteiger partial charge in [-0.15, -0.1) is 0 Å². The van der Waals surface area contributed by atoms with E-state index in [0.717, 1.165) is 12.1 Å². The fourth-order valence-electron chi connectivity index (χ4n) is 3.18. The smallest absolute Gasteiger partial charge is 0.0650 e. The highest BCUT2D eigenvalue weighted by molar-refractivity contribution is 5.01. The second-order valence-electron chi connectivity index (χ2n) is 6.23. The first-order chi connectivity index (χ1) is 9.69. The van der Waals surface area contributed by atoms with Crippen LogP contribution < -0.4 is 0 Å². The van der Waals surface area contributed by atoms with Crippen LogP contribution in [0, 0.1) is 5.92 Å². The van der Waals surface area contributed by atoms with Crippen molar-refractivity contribution in [2.45, 2.75) is 64.0 Å². The predicted octanol–water partition coefficient (Wildman–Crippen LogP) is 2.96. The molecule has 1 saturated carbocycles. The second kappa shape index (κ2) is 7.79. The second-order valence-corrected chi connectivity index (χ2v) is 6.23. The largest absolute Gasteiger partial charge is 0.393 e. The zero-order valence-electron chi connectivity index (χ0n) is 12.8. The third-order valence-corrected chi connectivity index (χ3v) is 4.18. The fourth-order valence-corrected chi connectivity index (χ4v) is 3.18. The molecule has 1 heterocycles. The van der Waals surface area contributed by atoms with E-state index in [9.17, 15) is 5.11 Å². The van der Waals surface area contributed by atoms with Gasteiger partial charge in [-0.2, -0.15) is 5.10 Å². The molecule has 1 aliphatic carbocycles. The topological polar surface area (TPSA) is 47.3 Å². The molecule has 1 aromatic heterocycles. The Morgan fingerprint density at radius 1 is 1.40 bits per heavy atom. The van der Waals surface area contributed by atoms with Crippen molar-refractivity contribution < 1.29 is 9.84 Å². The number of hydrogen-bond acceptors (Lipinski definition) is 3. The van der Waals surface area contributed by atoms with E-state index in [4.69, 9.17) is 4.74 Å². The van der Waals surface area contributed by atoms with Crippen molar-refractivity contribution in [3.63, 3.8) is 0 Å². The molecule has 1 fully saturated rings. The first-order valence-electron chi connectivity index (χ1n) is 7.90. The molecule has 2 rings (SSSR count). The van der Waals surface area contributed by atoms with E-state index in [1.165, 1.54) is 32.1 Å². The molecule has 1 aromatic rings. The highest BCUT2D eigenvalue weighted by atomic mass is 16.5. The van der Waals surface area contributed by atoms with Crippen LogP contribution in [-0.2, 0) is 11.2 Å². The van der Waals surface area contributed by atoms with Crippen molar-refractivity contribution in [3.05, 3.63) is 18.0 Å². The molecule has 2 unspecified atom stereocenters. The zero-order chi connectivity index (χ0) is 14.4. The van der Waals surface area contributed by atoms with Crippen LogP contribution in [0.15, 0.2) is 12.3 Å². The quantitative estimate of drug-likeness (QED) is 0.835. The molecule has 0 spiro atoms. The lowest BCUT2D eigenvalue weighted by atomic mass is 9.96. The number of rotatable bonds is 7. The predicted molar refractivity (Wildman–Crippen MR) is 79.7 cm³/mol. The third kappa shape index (κ3) is 4.60.